The first-order chi connectivity index (χ1) is 18.9. The van der Waals surface area contributed by atoms with E-state index in [1.54, 1.807) is 25.6 Å². The lowest BCUT2D eigenvalue weighted by molar-refractivity contribution is -0.138. The van der Waals surface area contributed by atoms with Crippen molar-refractivity contribution in [3.8, 4) is 0 Å². The van der Waals surface area contributed by atoms with E-state index >= 15 is 0 Å². The molecule has 10 heteroatoms. The molecule has 0 bridgehead atoms. The van der Waals surface area contributed by atoms with Crippen molar-refractivity contribution in [2.24, 2.45) is 12.5 Å². The normalized spacial score (nSPS) is 24.1. The molecule has 6 rings (SSSR count). The third kappa shape index (κ3) is 4.51. The minimum Gasteiger partial charge on any atom is -0.381 e. The third-order valence-electron chi connectivity index (χ3n) is 8.94. The first-order valence-electron chi connectivity index (χ1n) is 13.7. The standard InChI is InChI=1S/C30H34F3N5O2/c1-28(2)11-20(12-28)34-15-18-8-23-24(25(9-18)30(31,32)33)16-38(26(23)39)21-7-5-6-19(10-21)29(13-22(14-29)40-4)27-36-35-17-37(27)3/h5-10,17,20,22,34H,11-16H2,1-4H3/t22-,29-. The van der Waals surface area contributed by atoms with E-state index in [9.17, 15) is 18.0 Å². The summed E-state index contributed by atoms with van der Waals surface area (Å²) in [6.07, 6.45) is 0.500. The van der Waals surface area contributed by atoms with E-state index in [1.165, 1.54) is 11.0 Å². The Morgan fingerprint density at radius 1 is 1.12 bits per heavy atom. The van der Waals surface area contributed by atoms with Gasteiger partial charge in [0.2, 0.25) is 0 Å². The second kappa shape index (κ2) is 9.41. The number of nitrogens with one attached hydrogen (secondary N) is 1. The zero-order valence-electron chi connectivity index (χ0n) is 23.2. The van der Waals surface area contributed by atoms with Gasteiger partial charge < -0.3 is 19.5 Å². The van der Waals surface area contributed by atoms with E-state index in [2.05, 4.69) is 29.4 Å². The molecule has 2 aromatic carbocycles. The number of benzene rings is 2. The molecule has 1 N–H and O–H groups in total. The maximum absolute atomic E-state index is 14.2. The molecule has 7 nitrogen and oxygen atoms in total. The van der Waals surface area contributed by atoms with Gasteiger partial charge in [-0.25, -0.2) is 0 Å². The van der Waals surface area contributed by atoms with Crippen LogP contribution in [0.4, 0.5) is 18.9 Å². The van der Waals surface area contributed by atoms with Crippen molar-refractivity contribution in [3.63, 3.8) is 0 Å². The molecule has 1 aliphatic heterocycles. The van der Waals surface area contributed by atoms with Gasteiger partial charge in [0.1, 0.15) is 12.2 Å². The van der Waals surface area contributed by atoms with E-state index in [-0.39, 0.29) is 35.2 Å². The van der Waals surface area contributed by atoms with Crippen molar-refractivity contribution in [1.82, 2.24) is 20.1 Å². The summed E-state index contributed by atoms with van der Waals surface area (Å²) in [5.74, 6) is 0.376. The van der Waals surface area contributed by atoms with Gasteiger partial charge in [0.05, 0.1) is 23.6 Å². The number of aromatic nitrogens is 3. The summed E-state index contributed by atoms with van der Waals surface area (Å²) in [5, 5.41) is 11.8. The predicted octanol–water partition coefficient (Wildman–Crippen LogP) is 5.37. The number of alkyl halides is 3. The van der Waals surface area contributed by atoms with Gasteiger partial charge in [0.25, 0.3) is 5.91 Å². The minimum absolute atomic E-state index is 0.0301. The summed E-state index contributed by atoms with van der Waals surface area (Å²) in [7, 11) is 3.56. The van der Waals surface area contributed by atoms with E-state index < -0.39 is 23.1 Å². The summed E-state index contributed by atoms with van der Waals surface area (Å²) in [4.78, 5) is 15.1. The molecule has 3 aliphatic rings. The topological polar surface area (TPSA) is 72.3 Å². The lowest BCUT2D eigenvalue weighted by Crippen LogP contribution is -2.48. The zero-order valence-corrected chi connectivity index (χ0v) is 23.2. The van der Waals surface area contributed by atoms with Crippen LogP contribution in [-0.4, -0.2) is 39.9 Å². The Kier molecular flexibility index (Phi) is 6.34. The first-order valence-corrected chi connectivity index (χ1v) is 13.7. The number of carbonyl (C=O) groups excluding carboxylic acids is 1. The summed E-state index contributed by atoms with van der Waals surface area (Å²) in [5.41, 5.74) is 1.19. The molecule has 2 fully saturated rings. The molecule has 2 heterocycles. The lowest BCUT2D eigenvalue weighted by atomic mass is 9.62. The summed E-state index contributed by atoms with van der Waals surface area (Å²) in [6, 6.07) is 10.6. The Hall–Kier alpha value is -3.24. The molecule has 1 aromatic heterocycles. The number of amides is 1. The second-order valence-electron chi connectivity index (χ2n) is 12.4. The average molecular weight is 554 g/mol. The van der Waals surface area contributed by atoms with Gasteiger partial charge in [-0.3, -0.25) is 4.79 Å². The van der Waals surface area contributed by atoms with Gasteiger partial charge in [-0.1, -0.05) is 26.0 Å². The number of anilines is 1. The Morgan fingerprint density at radius 2 is 1.88 bits per heavy atom. The van der Waals surface area contributed by atoms with Gasteiger partial charge in [-0.2, -0.15) is 13.2 Å². The van der Waals surface area contributed by atoms with Crippen LogP contribution in [0.5, 0.6) is 0 Å². The van der Waals surface area contributed by atoms with Crippen LogP contribution in [0.1, 0.15) is 78.0 Å². The van der Waals surface area contributed by atoms with E-state index in [4.69, 9.17) is 4.74 Å². The third-order valence-corrected chi connectivity index (χ3v) is 8.94. The number of fused-ring (bicyclic) bond motifs is 1. The Labute approximate surface area is 231 Å². The number of halogens is 3. The number of methoxy groups -OCH3 is 1. The van der Waals surface area contributed by atoms with Crippen molar-refractivity contribution in [2.75, 3.05) is 12.0 Å². The van der Waals surface area contributed by atoms with Gasteiger partial charge >= 0.3 is 6.18 Å². The van der Waals surface area contributed by atoms with Crippen LogP contribution in [0.25, 0.3) is 0 Å². The summed E-state index contributed by atoms with van der Waals surface area (Å²) < 4.78 is 50.1. The molecule has 0 spiro atoms. The molecule has 212 valence electrons. The molecule has 3 aromatic rings. The predicted molar refractivity (Wildman–Crippen MR) is 144 cm³/mol. The maximum atomic E-state index is 14.2. The fourth-order valence-electron chi connectivity index (χ4n) is 6.83. The van der Waals surface area contributed by atoms with Gasteiger partial charge in [-0.05, 0) is 72.1 Å². The largest absolute Gasteiger partial charge is 0.416 e. The minimum atomic E-state index is -4.56. The first kappa shape index (κ1) is 27.0. The SMILES string of the molecule is CO[C@H]1C[C@](c2cccc(N3Cc4c(cc(CNC5CC(C)(C)C5)cc4C(F)(F)F)C3=O)c2)(c2nncn2C)C1. The number of nitrogens with zero attached hydrogens (tertiary/aromatic N) is 4. The zero-order chi connectivity index (χ0) is 28.4. The van der Waals surface area contributed by atoms with Gasteiger partial charge in [0, 0.05) is 38.0 Å². The van der Waals surface area contributed by atoms with Crippen LogP contribution in [0.2, 0.25) is 0 Å². The molecule has 2 saturated carbocycles. The van der Waals surface area contributed by atoms with E-state index in [0.29, 0.717) is 30.6 Å². The van der Waals surface area contributed by atoms with Crippen molar-refractivity contribution < 1.29 is 22.7 Å². The van der Waals surface area contributed by atoms with Crippen molar-refractivity contribution in [2.45, 2.75) is 76.4 Å². The highest BCUT2D eigenvalue weighted by molar-refractivity contribution is 6.10. The number of carbonyl (C=O) groups is 1. The second-order valence-corrected chi connectivity index (χ2v) is 12.4. The number of rotatable bonds is 7. The molecule has 2 aliphatic carbocycles. The molecule has 1 amide bonds. The Bertz CT molecular complexity index is 1450. The lowest BCUT2D eigenvalue weighted by Gasteiger charge is -2.46. The highest BCUT2D eigenvalue weighted by Crippen LogP contribution is 2.50. The number of hydrogen-bond acceptors (Lipinski definition) is 5. The molecule has 0 atom stereocenters. The molecule has 0 unspecified atom stereocenters. The van der Waals surface area contributed by atoms with Crippen molar-refractivity contribution in [1.29, 1.82) is 0 Å². The van der Waals surface area contributed by atoms with Crippen LogP contribution < -0.4 is 10.2 Å². The van der Waals surface area contributed by atoms with Gasteiger partial charge in [0.15, 0.2) is 0 Å². The van der Waals surface area contributed by atoms with Crippen LogP contribution in [0, 0.1) is 5.41 Å². The monoisotopic (exact) mass is 553 g/mol. The van der Waals surface area contributed by atoms with E-state index in [0.717, 1.165) is 24.2 Å². The summed E-state index contributed by atoms with van der Waals surface area (Å²) >= 11 is 0. The fraction of sp³-hybridized carbons (Fsp3) is 0.500. The molecular weight excluding hydrogens is 519 g/mol. The van der Waals surface area contributed by atoms with Crippen molar-refractivity contribution in [3.05, 3.63) is 76.4 Å². The molecular formula is C30H34F3N5O2. The molecule has 40 heavy (non-hydrogen) atoms. The molecule has 0 radical (unpaired) electrons. The quantitative estimate of drug-likeness (QED) is 0.426. The number of aryl methyl sites for hydroxylation is 1. The fourth-order valence-corrected chi connectivity index (χ4v) is 6.83. The Balaban J connectivity index is 1.31. The van der Waals surface area contributed by atoms with Gasteiger partial charge in [-0.15, -0.1) is 10.2 Å². The number of hydrogen-bond donors (Lipinski definition) is 1. The average Bonchev–Trinajstić information content (AvgIpc) is 3.43. The highest BCUT2D eigenvalue weighted by Gasteiger charge is 2.50. The van der Waals surface area contributed by atoms with Crippen molar-refractivity contribution >= 4 is 11.6 Å². The highest BCUT2D eigenvalue weighted by atomic mass is 19.4. The summed E-state index contributed by atoms with van der Waals surface area (Å²) in [6.45, 7) is 4.52. The van der Waals surface area contributed by atoms with Crippen LogP contribution in [0.15, 0.2) is 42.7 Å². The molecule has 0 saturated heterocycles. The van der Waals surface area contributed by atoms with Crippen LogP contribution >= 0.6 is 0 Å². The van der Waals surface area contributed by atoms with Crippen LogP contribution in [0.3, 0.4) is 0 Å². The van der Waals surface area contributed by atoms with Crippen LogP contribution in [-0.2, 0) is 36.5 Å². The number of ether oxygens (including phenoxy) is 1. The van der Waals surface area contributed by atoms with E-state index in [1.807, 2.05) is 29.8 Å². The maximum Gasteiger partial charge on any atom is 0.416 e. The Morgan fingerprint density at radius 3 is 2.50 bits per heavy atom. The smallest absolute Gasteiger partial charge is 0.381 e.